The monoisotopic (exact) mass is 315 g/mol. The van der Waals surface area contributed by atoms with Crippen LogP contribution in [0.15, 0.2) is 30.0 Å². The van der Waals surface area contributed by atoms with E-state index in [1.807, 2.05) is 13.8 Å². The molecule has 1 aliphatic rings. The molecule has 23 heavy (non-hydrogen) atoms. The summed E-state index contributed by atoms with van der Waals surface area (Å²) in [5.74, 6) is -2.92. The minimum absolute atomic E-state index is 0.00263. The summed E-state index contributed by atoms with van der Waals surface area (Å²) in [7, 11) is 0. The van der Waals surface area contributed by atoms with Crippen molar-refractivity contribution in [2.75, 3.05) is 5.32 Å². The van der Waals surface area contributed by atoms with Gasteiger partial charge in [0.2, 0.25) is 11.6 Å². The molecule has 6 heteroatoms. The van der Waals surface area contributed by atoms with Crippen LogP contribution in [0.2, 0.25) is 0 Å². The van der Waals surface area contributed by atoms with E-state index in [1.165, 1.54) is 18.3 Å². The smallest absolute Gasteiger partial charge is 0.273 e. The third-order valence-electron chi connectivity index (χ3n) is 3.66. The van der Waals surface area contributed by atoms with Gasteiger partial charge < -0.3 is 15.5 Å². The van der Waals surface area contributed by atoms with Crippen LogP contribution in [0.3, 0.4) is 0 Å². The molecule has 1 aliphatic carbocycles. The fraction of sp³-hybridized carbons (Fsp3) is 0.235. The fourth-order valence-corrected chi connectivity index (χ4v) is 2.21. The van der Waals surface area contributed by atoms with Gasteiger partial charge in [-0.2, -0.15) is 0 Å². The molecule has 0 atom stereocenters. The van der Waals surface area contributed by atoms with Crippen LogP contribution in [0, 0.1) is 6.92 Å². The van der Waals surface area contributed by atoms with E-state index in [9.17, 15) is 24.6 Å². The van der Waals surface area contributed by atoms with Crippen LogP contribution in [0.5, 0.6) is 11.5 Å². The largest absolute Gasteiger partial charge is 0.508 e. The van der Waals surface area contributed by atoms with E-state index < -0.39 is 17.3 Å². The van der Waals surface area contributed by atoms with Gasteiger partial charge in [-0.15, -0.1) is 0 Å². The first-order chi connectivity index (χ1) is 10.7. The lowest BCUT2D eigenvalue weighted by Gasteiger charge is -2.17. The van der Waals surface area contributed by atoms with Crippen molar-refractivity contribution >= 4 is 23.0 Å². The topological polar surface area (TPSA) is 104 Å². The van der Waals surface area contributed by atoms with Crippen LogP contribution >= 0.6 is 0 Å². The Balaban J connectivity index is 2.43. The van der Waals surface area contributed by atoms with Gasteiger partial charge in [0.25, 0.3) is 5.78 Å². The van der Waals surface area contributed by atoms with Gasteiger partial charge in [0.15, 0.2) is 0 Å². The molecule has 0 saturated heterocycles. The maximum absolute atomic E-state index is 11.7. The Bertz CT molecular complexity index is 772. The Hall–Kier alpha value is -2.89. The highest BCUT2D eigenvalue weighted by molar-refractivity contribution is 6.70. The number of carbonyl (C=O) groups excluding carboxylic acids is 3. The van der Waals surface area contributed by atoms with Crippen molar-refractivity contribution in [3.8, 4) is 11.5 Å². The number of rotatable bonds is 3. The molecule has 0 fully saturated rings. The summed E-state index contributed by atoms with van der Waals surface area (Å²) in [5.41, 5.74) is 1.19. The van der Waals surface area contributed by atoms with E-state index in [0.717, 1.165) is 6.08 Å². The summed E-state index contributed by atoms with van der Waals surface area (Å²) in [5, 5.41) is 23.0. The van der Waals surface area contributed by atoms with Crippen molar-refractivity contribution in [2.45, 2.75) is 26.7 Å². The van der Waals surface area contributed by atoms with E-state index in [2.05, 4.69) is 5.32 Å². The molecule has 0 unspecified atom stereocenters. The van der Waals surface area contributed by atoms with E-state index >= 15 is 0 Å². The van der Waals surface area contributed by atoms with E-state index in [-0.39, 0.29) is 28.7 Å². The number of anilines is 1. The predicted octanol–water partition coefficient (Wildman–Crippen LogP) is 2.10. The Morgan fingerprint density at radius 1 is 1.09 bits per heavy atom. The van der Waals surface area contributed by atoms with E-state index in [1.54, 1.807) is 6.92 Å². The number of hydrogen-bond donors (Lipinski definition) is 3. The first-order valence-corrected chi connectivity index (χ1v) is 7.07. The van der Waals surface area contributed by atoms with E-state index in [0.29, 0.717) is 11.1 Å². The zero-order chi connectivity index (χ0) is 17.3. The van der Waals surface area contributed by atoms with Gasteiger partial charge in [0.1, 0.15) is 11.5 Å². The molecule has 0 spiro atoms. The number of aromatic hydroxyl groups is 2. The summed E-state index contributed by atoms with van der Waals surface area (Å²) in [6.07, 6.45) is 3.48. The summed E-state index contributed by atoms with van der Waals surface area (Å²) < 4.78 is 0. The molecule has 0 radical (unpaired) electrons. The highest BCUT2D eigenvalue weighted by Crippen LogP contribution is 2.40. The molecule has 0 bridgehead atoms. The third kappa shape index (κ3) is 3.01. The number of ketones is 3. The van der Waals surface area contributed by atoms with Crippen molar-refractivity contribution in [2.24, 2.45) is 0 Å². The zero-order valence-electron chi connectivity index (χ0n) is 13.0. The molecule has 1 aromatic rings. The summed E-state index contributed by atoms with van der Waals surface area (Å²) in [4.78, 5) is 34.2. The minimum atomic E-state index is -1.10. The predicted molar refractivity (Wildman–Crippen MR) is 84.5 cm³/mol. The average Bonchev–Trinajstić information content (AvgIpc) is 2.50. The van der Waals surface area contributed by atoms with Gasteiger partial charge in [-0.05, 0) is 31.1 Å². The second-order valence-electron chi connectivity index (χ2n) is 5.59. The molecule has 0 aliphatic heterocycles. The molecule has 0 saturated carbocycles. The Morgan fingerprint density at radius 2 is 1.74 bits per heavy atom. The average molecular weight is 315 g/mol. The highest BCUT2D eigenvalue weighted by atomic mass is 16.3. The van der Waals surface area contributed by atoms with Crippen molar-refractivity contribution in [3.05, 3.63) is 41.1 Å². The lowest BCUT2D eigenvalue weighted by Crippen LogP contribution is -2.27. The number of allylic oxidation sites excluding steroid dienone is 3. The number of phenolic OH excluding ortho intramolecular Hbond substituents is 2. The van der Waals surface area contributed by atoms with Gasteiger partial charge >= 0.3 is 0 Å². The quantitative estimate of drug-likeness (QED) is 0.341. The van der Waals surface area contributed by atoms with Gasteiger partial charge in [0, 0.05) is 22.9 Å². The van der Waals surface area contributed by atoms with Crippen molar-refractivity contribution in [1.29, 1.82) is 0 Å². The molecular weight excluding hydrogens is 298 g/mol. The summed E-state index contributed by atoms with van der Waals surface area (Å²) in [6, 6.07) is 1.49. The van der Waals surface area contributed by atoms with Crippen LogP contribution in [-0.2, 0) is 14.4 Å². The SMILES string of the molecule is Cc1c(O)cc(C(C)C)c(O)c1NC=C1C=CC(=O)C(=O)C1=O. The van der Waals surface area contributed by atoms with Gasteiger partial charge in [-0.25, -0.2) is 0 Å². The molecule has 0 heterocycles. The highest BCUT2D eigenvalue weighted by Gasteiger charge is 2.27. The number of phenols is 2. The Kier molecular flexibility index (Phi) is 4.36. The first kappa shape index (κ1) is 16.5. The molecule has 120 valence electrons. The maximum atomic E-state index is 11.7. The molecule has 0 aromatic heterocycles. The first-order valence-electron chi connectivity index (χ1n) is 7.07. The fourth-order valence-electron chi connectivity index (χ4n) is 2.21. The van der Waals surface area contributed by atoms with Gasteiger partial charge in [0.05, 0.1) is 5.69 Å². The number of carbonyl (C=O) groups is 3. The van der Waals surface area contributed by atoms with Crippen LogP contribution in [0.1, 0.15) is 30.9 Å². The summed E-state index contributed by atoms with van der Waals surface area (Å²) >= 11 is 0. The lowest BCUT2D eigenvalue weighted by molar-refractivity contribution is -0.141. The maximum Gasteiger partial charge on any atom is 0.273 e. The van der Waals surface area contributed by atoms with Crippen LogP contribution in [0.4, 0.5) is 5.69 Å². The summed E-state index contributed by atoms with van der Waals surface area (Å²) in [6.45, 7) is 5.33. The zero-order valence-corrected chi connectivity index (χ0v) is 13.0. The molecule has 3 N–H and O–H groups in total. The number of hydrogen-bond acceptors (Lipinski definition) is 6. The van der Waals surface area contributed by atoms with Crippen LogP contribution in [-0.4, -0.2) is 27.6 Å². The molecule has 1 aromatic carbocycles. The second kappa shape index (κ2) is 6.08. The van der Waals surface area contributed by atoms with Crippen LogP contribution < -0.4 is 5.32 Å². The molecular formula is C17H17NO5. The Labute approximate surface area is 133 Å². The van der Waals surface area contributed by atoms with Gasteiger partial charge in [-0.3, -0.25) is 14.4 Å². The lowest BCUT2D eigenvalue weighted by atomic mass is 9.97. The molecule has 6 nitrogen and oxygen atoms in total. The molecule has 0 amide bonds. The minimum Gasteiger partial charge on any atom is -0.508 e. The third-order valence-corrected chi connectivity index (χ3v) is 3.66. The van der Waals surface area contributed by atoms with Crippen molar-refractivity contribution < 1.29 is 24.6 Å². The number of nitrogens with one attached hydrogen (secondary N) is 1. The van der Waals surface area contributed by atoms with Crippen LogP contribution in [0.25, 0.3) is 0 Å². The standard InChI is InChI=1S/C17H17NO5/c1-8(2)11-6-13(20)9(3)14(16(11)22)18-7-10-4-5-12(19)17(23)15(10)21/h4-8,18,20,22H,1-3H3. The molecule has 2 rings (SSSR count). The van der Waals surface area contributed by atoms with Crippen molar-refractivity contribution in [3.63, 3.8) is 0 Å². The Morgan fingerprint density at radius 3 is 2.35 bits per heavy atom. The van der Waals surface area contributed by atoms with Gasteiger partial charge in [-0.1, -0.05) is 13.8 Å². The number of Topliss-reactive ketones (excluding diaryl/α,β-unsaturated/α-hetero) is 2. The van der Waals surface area contributed by atoms with Crippen molar-refractivity contribution in [1.82, 2.24) is 0 Å². The van der Waals surface area contributed by atoms with E-state index in [4.69, 9.17) is 0 Å². The second-order valence-corrected chi connectivity index (χ2v) is 5.59. The number of benzene rings is 1. The normalized spacial score (nSPS) is 16.5.